The number of hydrogen-bond acceptors (Lipinski definition) is 1. The van der Waals surface area contributed by atoms with E-state index in [2.05, 4.69) is 139 Å². The standard InChI is InChI=1S/C31H25N/c1-32(28-20-16-25(17-21-28)24-10-4-2-5-11-24)29-22-18-27(19-23-29)31-15-9-8-14-30(31)26-12-6-3-7-13-26/h2-23H,1H3. The lowest BCUT2D eigenvalue weighted by Gasteiger charge is -2.20. The predicted molar refractivity (Wildman–Crippen MR) is 137 cm³/mol. The number of benzene rings is 5. The van der Waals surface area contributed by atoms with Crippen LogP contribution in [0.25, 0.3) is 33.4 Å². The molecule has 0 saturated heterocycles. The Morgan fingerprint density at radius 1 is 0.344 bits per heavy atom. The second-order valence-corrected chi connectivity index (χ2v) is 7.93. The zero-order valence-electron chi connectivity index (χ0n) is 18.1. The van der Waals surface area contributed by atoms with E-state index in [0.717, 1.165) is 0 Å². The molecule has 1 nitrogen and oxygen atoms in total. The summed E-state index contributed by atoms with van der Waals surface area (Å²) >= 11 is 0. The lowest BCUT2D eigenvalue weighted by Crippen LogP contribution is -2.08. The molecule has 0 aliphatic carbocycles. The van der Waals surface area contributed by atoms with Crippen molar-refractivity contribution in [2.45, 2.75) is 0 Å². The molecule has 0 fully saturated rings. The van der Waals surface area contributed by atoms with Crippen molar-refractivity contribution < 1.29 is 0 Å². The molecule has 32 heavy (non-hydrogen) atoms. The van der Waals surface area contributed by atoms with Gasteiger partial charge in [-0.25, -0.2) is 0 Å². The summed E-state index contributed by atoms with van der Waals surface area (Å²) in [5, 5.41) is 0. The Hall–Kier alpha value is -4.10. The van der Waals surface area contributed by atoms with Crippen LogP contribution in [0.3, 0.4) is 0 Å². The first-order valence-corrected chi connectivity index (χ1v) is 10.9. The maximum absolute atomic E-state index is 2.22. The zero-order chi connectivity index (χ0) is 21.8. The van der Waals surface area contributed by atoms with Crippen LogP contribution < -0.4 is 4.90 Å². The molecule has 0 spiro atoms. The third kappa shape index (κ3) is 4.06. The summed E-state index contributed by atoms with van der Waals surface area (Å²) in [5.74, 6) is 0. The highest BCUT2D eigenvalue weighted by Gasteiger charge is 2.09. The van der Waals surface area contributed by atoms with Gasteiger partial charge in [0.15, 0.2) is 0 Å². The molecular weight excluding hydrogens is 386 g/mol. The highest BCUT2D eigenvalue weighted by atomic mass is 15.1. The molecule has 0 atom stereocenters. The SMILES string of the molecule is CN(c1ccc(-c2ccccc2)cc1)c1ccc(-c2ccccc2-c2ccccc2)cc1. The van der Waals surface area contributed by atoms with Gasteiger partial charge in [0.2, 0.25) is 0 Å². The topological polar surface area (TPSA) is 3.24 Å². The molecular formula is C31H25N. The van der Waals surface area contributed by atoms with Crippen molar-refractivity contribution in [1.29, 1.82) is 0 Å². The van der Waals surface area contributed by atoms with E-state index in [4.69, 9.17) is 0 Å². The molecule has 0 aliphatic heterocycles. The van der Waals surface area contributed by atoms with Crippen LogP contribution in [0, 0.1) is 0 Å². The summed E-state index contributed by atoms with van der Waals surface area (Å²) in [6.07, 6.45) is 0. The van der Waals surface area contributed by atoms with Crippen molar-refractivity contribution in [3.63, 3.8) is 0 Å². The molecule has 1 heteroatoms. The van der Waals surface area contributed by atoms with Crippen molar-refractivity contribution in [2.24, 2.45) is 0 Å². The van der Waals surface area contributed by atoms with Gasteiger partial charge in [-0.05, 0) is 57.6 Å². The minimum Gasteiger partial charge on any atom is -0.345 e. The highest BCUT2D eigenvalue weighted by Crippen LogP contribution is 2.34. The third-order valence-electron chi connectivity index (χ3n) is 5.94. The van der Waals surface area contributed by atoms with Gasteiger partial charge >= 0.3 is 0 Å². The predicted octanol–water partition coefficient (Wildman–Crippen LogP) is 8.46. The van der Waals surface area contributed by atoms with E-state index in [1.807, 2.05) is 6.07 Å². The second kappa shape index (κ2) is 8.95. The molecule has 0 unspecified atom stereocenters. The van der Waals surface area contributed by atoms with E-state index >= 15 is 0 Å². The van der Waals surface area contributed by atoms with E-state index in [1.165, 1.54) is 44.8 Å². The molecule has 0 amide bonds. The summed E-state index contributed by atoms with van der Waals surface area (Å²) < 4.78 is 0. The average molecular weight is 412 g/mol. The maximum Gasteiger partial charge on any atom is 0.0408 e. The Kier molecular flexibility index (Phi) is 5.55. The Morgan fingerprint density at radius 2 is 0.688 bits per heavy atom. The lowest BCUT2D eigenvalue weighted by molar-refractivity contribution is 1.21. The quantitative estimate of drug-likeness (QED) is 0.280. The van der Waals surface area contributed by atoms with Gasteiger partial charge in [0.1, 0.15) is 0 Å². The maximum atomic E-state index is 2.22. The number of rotatable bonds is 5. The highest BCUT2D eigenvalue weighted by molar-refractivity contribution is 5.84. The molecule has 5 aromatic rings. The molecule has 5 rings (SSSR count). The fourth-order valence-corrected chi connectivity index (χ4v) is 4.13. The van der Waals surface area contributed by atoms with Crippen molar-refractivity contribution in [2.75, 3.05) is 11.9 Å². The Labute approximate surface area is 190 Å². The van der Waals surface area contributed by atoms with Gasteiger partial charge in [0.05, 0.1) is 0 Å². The van der Waals surface area contributed by atoms with Gasteiger partial charge in [0, 0.05) is 18.4 Å². The second-order valence-electron chi connectivity index (χ2n) is 7.93. The fraction of sp³-hybridized carbons (Fsp3) is 0.0323. The van der Waals surface area contributed by atoms with E-state index in [9.17, 15) is 0 Å². The summed E-state index contributed by atoms with van der Waals surface area (Å²) in [4.78, 5) is 2.22. The van der Waals surface area contributed by atoms with Crippen LogP contribution in [0.1, 0.15) is 0 Å². The first kappa shape index (κ1) is 19.8. The number of nitrogens with zero attached hydrogens (tertiary/aromatic N) is 1. The normalized spacial score (nSPS) is 10.7. The molecule has 0 radical (unpaired) electrons. The van der Waals surface area contributed by atoms with Gasteiger partial charge in [-0.2, -0.15) is 0 Å². The van der Waals surface area contributed by atoms with Gasteiger partial charge in [-0.15, -0.1) is 0 Å². The van der Waals surface area contributed by atoms with Crippen LogP contribution >= 0.6 is 0 Å². The molecule has 0 aromatic heterocycles. The fourth-order valence-electron chi connectivity index (χ4n) is 4.13. The van der Waals surface area contributed by atoms with Crippen LogP contribution in [0.2, 0.25) is 0 Å². The molecule has 5 aromatic carbocycles. The molecule has 0 saturated carbocycles. The zero-order valence-corrected chi connectivity index (χ0v) is 18.1. The van der Waals surface area contributed by atoms with E-state index in [-0.39, 0.29) is 0 Å². The monoisotopic (exact) mass is 411 g/mol. The van der Waals surface area contributed by atoms with Crippen LogP contribution in [-0.4, -0.2) is 7.05 Å². The minimum atomic E-state index is 1.17. The third-order valence-corrected chi connectivity index (χ3v) is 5.94. The number of hydrogen-bond donors (Lipinski definition) is 0. The van der Waals surface area contributed by atoms with Crippen LogP contribution in [-0.2, 0) is 0 Å². The van der Waals surface area contributed by atoms with Gasteiger partial charge < -0.3 is 4.90 Å². The van der Waals surface area contributed by atoms with Crippen molar-refractivity contribution in [1.82, 2.24) is 0 Å². The Bertz CT molecular complexity index is 1290. The lowest BCUT2D eigenvalue weighted by atomic mass is 9.94. The number of anilines is 2. The molecule has 154 valence electrons. The van der Waals surface area contributed by atoms with Crippen molar-refractivity contribution in [3.8, 4) is 33.4 Å². The van der Waals surface area contributed by atoms with E-state index in [0.29, 0.717) is 0 Å². The summed E-state index contributed by atoms with van der Waals surface area (Å²) in [6, 6.07) is 47.2. The summed E-state index contributed by atoms with van der Waals surface area (Å²) in [5.41, 5.74) is 9.77. The Morgan fingerprint density at radius 3 is 1.19 bits per heavy atom. The molecule has 0 bridgehead atoms. The summed E-state index contributed by atoms with van der Waals surface area (Å²) in [6.45, 7) is 0. The molecule has 0 N–H and O–H groups in total. The van der Waals surface area contributed by atoms with Gasteiger partial charge in [-0.3, -0.25) is 0 Å². The molecule has 0 aliphatic rings. The van der Waals surface area contributed by atoms with E-state index < -0.39 is 0 Å². The first-order valence-electron chi connectivity index (χ1n) is 10.9. The van der Waals surface area contributed by atoms with E-state index in [1.54, 1.807) is 0 Å². The molecule has 0 heterocycles. The average Bonchev–Trinajstić information content (AvgIpc) is 2.89. The van der Waals surface area contributed by atoms with Gasteiger partial charge in [-0.1, -0.05) is 109 Å². The Balaban J connectivity index is 1.40. The summed E-state index contributed by atoms with van der Waals surface area (Å²) in [7, 11) is 2.12. The minimum absolute atomic E-state index is 1.17. The largest absolute Gasteiger partial charge is 0.345 e. The first-order chi connectivity index (χ1) is 15.8. The van der Waals surface area contributed by atoms with Crippen LogP contribution in [0.15, 0.2) is 133 Å². The van der Waals surface area contributed by atoms with Crippen molar-refractivity contribution in [3.05, 3.63) is 133 Å². The van der Waals surface area contributed by atoms with Crippen LogP contribution in [0.4, 0.5) is 11.4 Å². The van der Waals surface area contributed by atoms with Crippen LogP contribution in [0.5, 0.6) is 0 Å². The smallest absolute Gasteiger partial charge is 0.0408 e. The van der Waals surface area contributed by atoms with Gasteiger partial charge in [0.25, 0.3) is 0 Å². The van der Waals surface area contributed by atoms with Crippen molar-refractivity contribution >= 4 is 11.4 Å².